The molecule has 0 saturated heterocycles. The summed E-state index contributed by atoms with van der Waals surface area (Å²) in [5.41, 5.74) is 1.19. The molecule has 1 aromatic rings. The summed E-state index contributed by atoms with van der Waals surface area (Å²) < 4.78 is 10.2. The number of halogens is 1. The van der Waals surface area contributed by atoms with Crippen molar-refractivity contribution >= 4 is 16.8 Å². The summed E-state index contributed by atoms with van der Waals surface area (Å²) in [6, 6.07) is 5.19. The van der Waals surface area contributed by atoms with Crippen LogP contribution in [0, 0.1) is 0 Å². The van der Waals surface area contributed by atoms with Crippen molar-refractivity contribution in [3.8, 4) is 5.75 Å². The molecule has 1 aromatic carbocycles. The minimum absolute atomic E-state index is 0.229. The standard InChI is InChI=1S/C9H7ClO3/c10-9(11)6-2-1-3-8-7(6)4-12-5-13-8/h1-3H,4-5H2. The molecule has 0 fully saturated rings. The molecule has 0 atom stereocenters. The van der Waals surface area contributed by atoms with Gasteiger partial charge in [-0.1, -0.05) is 6.07 Å². The molecule has 13 heavy (non-hydrogen) atoms. The lowest BCUT2D eigenvalue weighted by Gasteiger charge is -2.18. The third kappa shape index (κ3) is 1.53. The lowest BCUT2D eigenvalue weighted by molar-refractivity contribution is -0.0166. The van der Waals surface area contributed by atoms with Crippen LogP contribution in [0.5, 0.6) is 5.75 Å². The molecule has 2 rings (SSSR count). The summed E-state index contributed by atoms with van der Waals surface area (Å²) in [4.78, 5) is 11.0. The van der Waals surface area contributed by atoms with Crippen LogP contribution in [-0.2, 0) is 11.3 Å². The second kappa shape index (κ2) is 3.36. The Labute approximate surface area is 80.2 Å². The SMILES string of the molecule is O=C(Cl)c1cccc2c1COCO2. The molecule has 0 radical (unpaired) electrons. The van der Waals surface area contributed by atoms with Crippen LogP contribution in [0.15, 0.2) is 18.2 Å². The predicted octanol–water partition coefficient (Wildman–Crippen LogP) is 1.93. The molecule has 0 saturated carbocycles. The van der Waals surface area contributed by atoms with Crippen LogP contribution in [0.1, 0.15) is 15.9 Å². The van der Waals surface area contributed by atoms with E-state index in [9.17, 15) is 4.79 Å². The second-order valence-corrected chi connectivity index (χ2v) is 3.01. The quantitative estimate of drug-likeness (QED) is 0.647. The molecular weight excluding hydrogens is 192 g/mol. The van der Waals surface area contributed by atoms with Crippen molar-refractivity contribution in [2.24, 2.45) is 0 Å². The maximum Gasteiger partial charge on any atom is 0.252 e. The first kappa shape index (κ1) is 8.53. The van der Waals surface area contributed by atoms with Crippen LogP contribution in [0.2, 0.25) is 0 Å². The van der Waals surface area contributed by atoms with Gasteiger partial charge in [-0.15, -0.1) is 0 Å². The highest BCUT2D eigenvalue weighted by atomic mass is 35.5. The molecule has 0 aromatic heterocycles. The van der Waals surface area contributed by atoms with E-state index in [1.165, 1.54) is 0 Å². The van der Waals surface area contributed by atoms with Crippen molar-refractivity contribution in [2.45, 2.75) is 6.61 Å². The Kier molecular flexibility index (Phi) is 2.20. The molecule has 4 heteroatoms. The van der Waals surface area contributed by atoms with Crippen molar-refractivity contribution in [1.82, 2.24) is 0 Å². The second-order valence-electron chi connectivity index (χ2n) is 2.67. The van der Waals surface area contributed by atoms with Crippen LogP contribution in [-0.4, -0.2) is 12.0 Å². The average molecular weight is 199 g/mol. The van der Waals surface area contributed by atoms with Crippen molar-refractivity contribution < 1.29 is 14.3 Å². The van der Waals surface area contributed by atoms with Crippen LogP contribution in [0.4, 0.5) is 0 Å². The summed E-state index contributed by atoms with van der Waals surface area (Å²) in [6.45, 7) is 0.608. The van der Waals surface area contributed by atoms with E-state index in [1.807, 2.05) is 0 Å². The van der Waals surface area contributed by atoms with Gasteiger partial charge in [-0.3, -0.25) is 4.79 Å². The number of hydrogen-bond donors (Lipinski definition) is 0. The van der Waals surface area contributed by atoms with Crippen molar-refractivity contribution in [3.05, 3.63) is 29.3 Å². The summed E-state index contributed by atoms with van der Waals surface area (Å²) in [6.07, 6.45) is 0. The molecule has 0 amide bonds. The Morgan fingerprint density at radius 2 is 2.31 bits per heavy atom. The first-order chi connectivity index (χ1) is 6.29. The van der Waals surface area contributed by atoms with Gasteiger partial charge in [0, 0.05) is 11.1 Å². The van der Waals surface area contributed by atoms with E-state index < -0.39 is 5.24 Å². The maximum atomic E-state index is 11.0. The predicted molar refractivity (Wildman–Crippen MR) is 46.9 cm³/mol. The van der Waals surface area contributed by atoms with Gasteiger partial charge in [0.1, 0.15) is 5.75 Å². The van der Waals surface area contributed by atoms with Gasteiger partial charge in [-0.25, -0.2) is 0 Å². The molecular formula is C9H7ClO3. The Bertz CT molecular complexity index is 349. The monoisotopic (exact) mass is 198 g/mol. The molecule has 0 spiro atoms. The lowest BCUT2D eigenvalue weighted by atomic mass is 10.1. The van der Waals surface area contributed by atoms with Crippen molar-refractivity contribution in [1.29, 1.82) is 0 Å². The minimum atomic E-state index is -0.481. The minimum Gasteiger partial charge on any atom is -0.467 e. The van der Waals surface area contributed by atoms with E-state index in [4.69, 9.17) is 21.1 Å². The molecule has 68 valence electrons. The van der Waals surface area contributed by atoms with Gasteiger partial charge in [0.15, 0.2) is 6.79 Å². The van der Waals surface area contributed by atoms with Crippen molar-refractivity contribution in [3.63, 3.8) is 0 Å². The number of carbonyl (C=O) groups is 1. The average Bonchev–Trinajstić information content (AvgIpc) is 2.17. The zero-order valence-corrected chi connectivity index (χ0v) is 7.50. The van der Waals surface area contributed by atoms with E-state index in [1.54, 1.807) is 18.2 Å². The van der Waals surface area contributed by atoms with Crippen LogP contribution >= 0.6 is 11.6 Å². The fourth-order valence-electron chi connectivity index (χ4n) is 1.28. The Morgan fingerprint density at radius 3 is 3.08 bits per heavy atom. The van der Waals surface area contributed by atoms with E-state index in [-0.39, 0.29) is 6.79 Å². The molecule has 1 aliphatic rings. The maximum absolute atomic E-state index is 11.0. The van der Waals surface area contributed by atoms with Gasteiger partial charge in [0.05, 0.1) is 6.61 Å². The van der Waals surface area contributed by atoms with Gasteiger partial charge in [-0.2, -0.15) is 0 Å². The molecule has 1 aliphatic heterocycles. The highest BCUT2D eigenvalue weighted by molar-refractivity contribution is 6.68. The normalized spacial score (nSPS) is 14.5. The van der Waals surface area contributed by atoms with Gasteiger partial charge < -0.3 is 9.47 Å². The van der Waals surface area contributed by atoms with Crippen LogP contribution in [0.3, 0.4) is 0 Å². The molecule has 0 aliphatic carbocycles. The van der Waals surface area contributed by atoms with E-state index in [2.05, 4.69) is 0 Å². The van der Waals surface area contributed by atoms with Crippen molar-refractivity contribution in [2.75, 3.05) is 6.79 Å². The molecule has 0 bridgehead atoms. The Hall–Kier alpha value is -1.06. The number of hydrogen-bond acceptors (Lipinski definition) is 3. The third-order valence-corrected chi connectivity index (χ3v) is 2.09. The van der Waals surface area contributed by atoms with Gasteiger partial charge in [0.2, 0.25) is 0 Å². The smallest absolute Gasteiger partial charge is 0.252 e. The summed E-state index contributed by atoms with van der Waals surface area (Å²) >= 11 is 5.39. The fourth-order valence-corrected chi connectivity index (χ4v) is 1.46. The number of rotatable bonds is 1. The first-order valence-electron chi connectivity index (χ1n) is 3.81. The van der Waals surface area contributed by atoms with Crippen LogP contribution < -0.4 is 4.74 Å². The summed E-state index contributed by atoms with van der Waals surface area (Å²) in [7, 11) is 0. The number of carbonyl (C=O) groups excluding carboxylic acids is 1. The lowest BCUT2D eigenvalue weighted by Crippen LogP contribution is -2.13. The van der Waals surface area contributed by atoms with E-state index in [0.717, 1.165) is 5.56 Å². The zero-order valence-electron chi connectivity index (χ0n) is 6.75. The first-order valence-corrected chi connectivity index (χ1v) is 4.19. The van der Waals surface area contributed by atoms with Gasteiger partial charge in [-0.05, 0) is 23.7 Å². The van der Waals surface area contributed by atoms with Gasteiger partial charge >= 0.3 is 0 Å². The van der Waals surface area contributed by atoms with E-state index in [0.29, 0.717) is 17.9 Å². The topological polar surface area (TPSA) is 35.5 Å². The summed E-state index contributed by atoms with van der Waals surface area (Å²) in [5.74, 6) is 0.678. The fraction of sp³-hybridized carbons (Fsp3) is 0.222. The summed E-state index contributed by atoms with van der Waals surface area (Å²) in [5, 5.41) is -0.481. The third-order valence-electron chi connectivity index (χ3n) is 1.89. The highest BCUT2D eigenvalue weighted by Gasteiger charge is 2.17. The number of benzene rings is 1. The molecule has 0 unspecified atom stereocenters. The van der Waals surface area contributed by atoms with Gasteiger partial charge in [0.25, 0.3) is 5.24 Å². The van der Waals surface area contributed by atoms with E-state index >= 15 is 0 Å². The molecule has 1 heterocycles. The molecule has 3 nitrogen and oxygen atoms in total. The Morgan fingerprint density at radius 1 is 1.46 bits per heavy atom. The zero-order chi connectivity index (χ0) is 9.26. The highest BCUT2D eigenvalue weighted by Crippen LogP contribution is 2.27. The molecule has 0 N–H and O–H groups in total. The largest absolute Gasteiger partial charge is 0.467 e. The number of fused-ring (bicyclic) bond motifs is 1. The number of ether oxygens (including phenoxy) is 2. The Balaban J connectivity index is 2.52. The van der Waals surface area contributed by atoms with Crippen LogP contribution in [0.25, 0.3) is 0 Å².